The molecule has 1 aromatic carbocycles. The van der Waals surface area contributed by atoms with Crippen molar-refractivity contribution < 1.29 is 39.3 Å². The van der Waals surface area contributed by atoms with Gasteiger partial charge in [-0.2, -0.15) is 0 Å². The van der Waals surface area contributed by atoms with Crippen molar-refractivity contribution in [3.8, 4) is 5.75 Å². The van der Waals surface area contributed by atoms with Crippen LogP contribution in [0.4, 0.5) is 0 Å². The third kappa shape index (κ3) is 9.03. The zero-order valence-electron chi connectivity index (χ0n) is 20.5. The molecule has 1 fully saturated rings. The molecular weight excluding hydrogens is 486 g/mol. The topological polar surface area (TPSA) is 225 Å². The Kier molecular flexibility index (Phi) is 11.3. The third-order valence-corrected chi connectivity index (χ3v) is 6.12. The first-order chi connectivity index (χ1) is 17.5. The molecule has 9 N–H and O–H groups in total. The van der Waals surface area contributed by atoms with Crippen molar-refractivity contribution in [1.29, 1.82) is 0 Å². The molecule has 1 aromatic rings. The average Bonchev–Trinajstić information content (AvgIpc) is 3.33. The Hall–Kier alpha value is -3.71. The lowest BCUT2D eigenvalue weighted by Crippen LogP contribution is -2.57. The number of aromatic hydroxyl groups is 1. The van der Waals surface area contributed by atoms with Crippen LogP contribution >= 0.6 is 0 Å². The fraction of sp³-hybridized carbons (Fsp3) is 0.542. The van der Waals surface area contributed by atoms with Gasteiger partial charge >= 0.3 is 11.9 Å². The van der Waals surface area contributed by atoms with Crippen LogP contribution in [0, 0.1) is 0 Å². The van der Waals surface area contributed by atoms with Crippen molar-refractivity contribution in [2.45, 2.75) is 69.1 Å². The largest absolute Gasteiger partial charge is 0.508 e. The summed E-state index contributed by atoms with van der Waals surface area (Å²) in [5.41, 5.74) is 11.8. The summed E-state index contributed by atoms with van der Waals surface area (Å²) in [5, 5.41) is 33.1. The van der Waals surface area contributed by atoms with E-state index in [9.17, 15) is 34.2 Å². The maximum absolute atomic E-state index is 13.2. The summed E-state index contributed by atoms with van der Waals surface area (Å²) in [7, 11) is 0. The van der Waals surface area contributed by atoms with E-state index in [4.69, 9.17) is 16.6 Å². The minimum Gasteiger partial charge on any atom is -0.508 e. The van der Waals surface area contributed by atoms with Crippen LogP contribution in [0.15, 0.2) is 24.3 Å². The van der Waals surface area contributed by atoms with Gasteiger partial charge in [0.1, 0.15) is 23.9 Å². The first-order valence-electron chi connectivity index (χ1n) is 12.1. The molecule has 3 amide bonds. The molecule has 1 aliphatic heterocycles. The van der Waals surface area contributed by atoms with Crippen molar-refractivity contribution in [2.24, 2.45) is 11.5 Å². The van der Waals surface area contributed by atoms with Gasteiger partial charge in [0.15, 0.2) is 0 Å². The van der Waals surface area contributed by atoms with Gasteiger partial charge in [0.2, 0.25) is 17.7 Å². The number of hydrogen-bond acceptors (Lipinski definition) is 8. The second-order valence-corrected chi connectivity index (χ2v) is 9.01. The number of likely N-dealkylation sites (tertiary alicyclic amines) is 1. The number of nitrogens with zero attached hydrogens (tertiary/aromatic N) is 1. The molecule has 2 rings (SSSR count). The van der Waals surface area contributed by atoms with Gasteiger partial charge in [-0.1, -0.05) is 12.1 Å². The van der Waals surface area contributed by atoms with E-state index in [2.05, 4.69) is 10.6 Å². The summed E-state index contributed by atoms with van der Waals surface area (Å²) in [6.07, 6.45) is 1.41. The molecule has 0 spiro atoms. The molecule has 4 unspecified atom stereocenters. The van der Waals surface area contributed by atoms with E-state index >= 15 is 0 Å². The zero-order chi connectivity index (χ0) is 27.5. The predicted octanol–water partition coefficient (Wildman–Crippen LogP) is -1.09. The van der Waals surface area contributed by atoms with Gasteiger partial charge in [-0.3, -0.25) is 19.2 Å². The van der Waals surface area contributed by atoms with E-state index in [0.29, 0.717) is 37.8 Å². The highest BCUT2D eigenvalue weighted by atomic mass is 16.4. The average molecular weight is 522 g/mol. The van der Waals surface area contributed by atoms with Crippen LogP contribution < -0.4 is 22.1 Å². The van der Waals surface area contributed by atoms with Crippen LogP contribution in [0.25, 0.3) is 0 Å². The van der Waals surface area contributed by atoms with Crippen molar-refractivity contribution >= 4 is 29.7 Å². The number of carboxylic acids is 2. The number of rotatable bonds is 14. The van der Waals surface area contributed by atoms with Crippen LogP contribution in [0.3, 0.4) is 0 Å². The van der Waals surface area contributed by atoms with Gasteiger partial charge in [0, 0.05) is 13.0 Å². The number of carbonyl (C=O) groups excluding carboxylic acids is 3. The first kappa shape index (κ1) is 29.5. The number of nitrogens with one attached hydrogen (secondary N) is 2. The minimum absolute atomic E-state index is 0.00775. The molecule has 1 aliphatic rings. The highest BCUT2D eigenvalue weighted by Gasteiger charge is 2.38. The van der Waals surface area contributed by atoms with E-state index in [0.717, 1.165) is 0 Å². The van der Waals surface area contributed by atoms with Gasteiger partial charge in [-0.25, -0.2) is 4.79 Å². The number of unbranched alkanes of at least 4 members (excludes halogenated alkanes) is 1. The molecule has 4 atom stereocenters. The van der Waals surface area contributed by atoms with E-state index in [1.807, 2.05) is 0 Å². The highest BCUT2D eigenvalue weighted by Crippen LogP contribution is 2.20. The van der Waals surface area contributed by atoms with E-state index in [-0.39, 0.29) is 25.1 Å². The number of amides is 3. The van der Waals surface area contributed by atoms with E-state index < -0.39 is 60.2 Å². The lowest BCUT2D eigenvalue weighted by Gasteiger charge is -2.28. The van der Waals surface area contributed by atoms with Crippen LogP contribution in [0.5, 0.6) is 5.75 Å². The molecule has 13 nitrogen and oxygen atoms in total. The van der Waals surface area contributed by atoms with Gasteiger partial charge in [0.25, 0.3) is 0 Å². The number of carboxylic acid groups (broad SMARTS) is 2. The van der Waals surface area contributed by atoms with Crippen LogP contribution in [0.2, 0.25) is 0 Å². The summed E-state index contributed by atoms with van der Waals surface area (Å²) < 4.78 is 0. The molecule has 1 saturated heterocycles. The predicted molar refractivity (Wildman–Crippen MR) is 131 cm³/mol. The Bertz CT molecular complexity index is 970. The quantitative estimate of drug-likeness (QED) is 0.146. The summed E-state index contributed by atoms with van der Waals surface area (Å²) in [5.74, 6) is -4.49. The number of phenolic OH excluding ortho intramolecular Hbond substituents is 1. The SMILES string of the molecule is NCCCCC(NC(=O)C(Cc1ccc(O)cc1)NC(=O)C1CCCN1C(=O)C(N)CC(=O)O)C(=O)O. The lowest BCUT2D eigenvalue weighted by atomic mass is 10.0. The van der Waals surface area contributed by atoms with Crippen LogP contribution in [-0.2, 0) is 30.4 Å². The molecule has 0 radical (unpaired) electrons. The standard InChI is InChI=1S/C24H35N5O8/c25-10-2-1-4-17(24(36)37)27-21(33)18(12-14-6-8-15(30)9-7-14)28-22(34)19-5-3-11-29(19)23(35)16(26)13-20(31)32/h6-9,16-19,30H,1-5,10-13,25-26H2,(H,27,33)(H,28,34)(H,31,32)(H,36,37). The Morgan fingerprint density at radius 2 is 1.70 bits per heavy atom. The van der Waals surface area contributed by atoms with Crippen molar-refractivity contribution in [3.63, 3.8) is 0 Å². The summed E-state index contributed by atoms with van der Waals surface area (Å²) in [6.45, 7) is 0.591. The Balaban J connectivity index is 2.19. The van der Waals surface area contributed by atoms with Gasteiger partial charge < -0.3 is 42.3 Å². The normalized spacial score (nSPS) is 17.5. The number of benzene rings is 1. The van der Waals surface area contributed by atoms with Crippen LogP contribution in [-0.4, -0.2) is 87.1 Å². The molecule has 0 aromatic heterocycles. The second kappa shape index (κ2) is 14.1. The number of aliphatic carboxylic acids is 2. The van der Waals surface area contributed by atoms with Crippen molar-refractivity contribution in [2.75, 3.05) is 13.1 Å². The second-order valence-electron chi connectivity index (χ2n) is 9.01. The third-order valence-electron chi connectivity index (χ3n) is 6.12. The summed E-state index contributed by atoms with van der Waals surface area (Å²) >= 11 is 0. The van der Waals surface area contributed by atoms with Gasteiger partial charge in [0.05, 0.1) is 12.5 Å². The summed E-state index contributed by atoms with van der Waals surface area (Å²) in [6, 6.07) is 1.33. The smallest absolute Gasteiger partial charge is 0.326 e. The fourth-order valence-corrected chi connectivity index (χ4v) is 4.16. The number of hydrogen-bond donors (Lipinski definition) is 7. The highest BCUT2D eigenvalue weighted by molar-refractivity contribution is 5.95. The number of carbonyl (C=O) groups is 5. The van der Waals surface area contributed by atoms with Crippen LogP contribution in [0.1, 0.15) is 44.1 Å². The Morgan fingerprint density at radius 3 is 2.30 bits per heavy atom. The van der Waals surface area contributed by atoms with E-state index in [1.165, 1.54) is 17.0 Å². The van der Waals surface area contributed by atoms with Crippen molar-refractivity contribution in [1.82, 2.24) is 15.5 Å². The number of nitrogens with two attached hydrogens (primary N) is 2. The van der Waals surface area contributed by atoms with Gasteiger partial charge in [-0.15, -0.1) is 0 Å². The van der Waals surface area contributed by atoms with E-state index in [1.54, 1.807) is 12.1 Å². The Labute approximate surface area is 214 Å². The van der Waals surface area contributed by atoms with Crippen molar-refractivity contribution in [3.05, 3.63) is 29.8 Å². The molecular formula is C24H35N5O8. The molecule has 37 heavy (non-hydrogen) atoms. The maximum atomic E-state index is 13.2. The molecule has 13 heteroatoms. The number of phenols is 1. The molecule has 0 bridgehead atoms. The first-order valence-corrected chi connectivity index (χ1v) is 12.1. The zero-order valence-corrected chi connectivity index (χ0v) is 20.5. The molecule has 204 valence electrons. The van der Waals surface area contributed by atoms with Gasteiger partial charge in [-0.05, 0) is 56.3 Å². The lowest BCUT2D eigenvalue weighted by molar-refractivity contribution is -0.144. The molecule has 0 aliphatic carbocycles. The minimum atomic E-state index is -1.31. The Morgan fingerprint density at radius 1 is 1.03 bits per heavy atom. The monoisotopic (exact) mass is 521 g/mol. The fourth-order valence-electron chi connectivity index (χ4n) is 4.16. The molecule has 0 saturated carbocycles. The maximum Gasteiger partial charge on any atom is 0.326 e. The molecule has 1 heterocycles. The summed E-state index contributed by atoms with van der Waals surface area (Å²) in [4.78, 5) is 62.8.